The minimum atomic E-state index is -4.85. The summed E-state index contributed by atoms with van der Waals surface area (Å²) in [6.45, 7) is 0. The molecule has 1 rings (SSSR count). The van der Waals surface area contributed by atoms with Crippen LogP contribution in [0.4, 0.5) is 13.2 Å². The predicted molar refractivity (Wildman–Crippen MR) is 60.9 cm³/mol. The lowest BCUT2D eigenvalue weighted by Crippen LogP contribution is -2.38. The van der Waals surface area contributed by atoms with Gasteiger partial charge in [0.1, 0.15) is 11.5 Å². The Balaban J connectivity index is 0.00000289. The van der Waals surface area contributed by atoms with Gasteiger partial charge in [-0.3, -0.25) is 0 Å². The maximum atomic E-state index is 12.3. The van der Waals surface area contributed by atoms with E-state index >= 15 is 0 Å². The number of ether oxygens (including phenoxy) is 1. The van der Waals surface area contributed by atoms with Crippen LogP contribution in [-0.2, 0) is 0 Å². The number of alkyl halides is 3. The molecule has 0 saturated heterocycles. The molecule has 0 spiro atoms. The van der Waals surface area contributed by atoms with Crippen molar-refractivity contribution in [2.24, 2.45) is 5.73 Å². The molecule has 0 amide bonds. The maximum absolute atomic E-state index is 12.3. The Morgan fingerprint density at radius 1 is 1.33 bits per heavy atom. The lowest BCUT2D eigenvalue weighted by Gasteiger charge is -2.22. The number of nitrogens with two attached hydrogens (primary N) is 1. The van der Waals surface area contributed by atoms with Crippen molar-refractivity contribution in [2.45, 2.75) is 18.3 Å². The molecule has 0 heterocycles. The van der Waals surface area contributed by atoms with Gasteiger partial charge in [0.15, 0.2) is 6.10 Å². The minimum Gasteiger partial charge on any atom is -0.508 e. The van der Waals surface area contributed by atoms with Crippen LogP contribution in [0.25, 0.3) is 0 Å². The zero-order chi connectivity index (χ0) is 13.2. The number of hydrogen-bond donors (Lipinski definition) is 3. The second-order valence-corrected chi connectivity index (χ2v) is 3.44. The van der Waals surface area contributed by atoms with Gasteiger partial charge in [0.05, 0.1) is 13.2 Å². The first-order valence-corrected chi connectivity index (χ1v) is 4.64. The molecule has 1 aromatic carbocycles. The molecule has 18 heavy (non-hydrogen) atoms. The molecule has 0 aromatic heterocycles. The van der Waals surface area contributed by atoms with E-state index in [4.69, 9.17) is 15.6 Å². The normalized spacial score (nSPS) is 14.6. The molecule has 0 fully saturated rings. The van der Waals surface area contributed by atoms with Crippen molar-refractivity contribution in [3.05, 3.63) is 23.8 Å². The number of methoxy groups -OCH3 is 1. The molecule has 0 aliphatic heterocycles. The smallest absolute Gasteiger partial charge is 0.416 e. The van der Waals surface area contributed by atoms with Crippen LogP contribution in [0.3, 0.4) is 0 Å². The van der Waals surface area contributed by atoms with Crippen molar-refractivity contribution < 1.29 is 28.1 Å². The fourth-order valence-corrected chi connectivity index (χ4v) is 1.30. The van der Waals surface area contributed by atoms with Gasteiger partial charge in [0.25, 0.3) is 0 Å². The number of aliphatic hydroxyl groups is 1. The lowest BCUT2D eigenvalue weighted by atomic mass is 10.0. The highest BCUT2D eigenvalue weighted by molar-refractivity contribution is 5.85. The molecule has 0 saturated carbocycles. The molecular formula is C10H13ClF3NO3. The summed E-state index contributed by atoms with van der Waals surface area (Å²) in [4.78, 5) is 0. The first kappa shape index (κ1) is 16.8. The van der Waals surface area contributed by atoms with E-state index in [0.29, 0.717) is 0 Å². The van der Waals surface area contributed by atoms with Crippen LogP contribution in [0.1, 0.15) is 11.6 Å². The zero-order valence-electron chi connectivity index (χ0n) is 9.31. The van der Waals surface area contributed by atoms with Gasteiger partial charge in [-0.2, -0.15) is 13.2 Å². The van der Waals surface area contributed by atoms with Crippen LogP contribution in [-0.4, -0.2) is 29.6 Å². The highest BCUT2D eigenvalue weighted by Gasteiger charge is 2.43. The summed E-state index contributed by atoms with van der Waals surface area (Å²) in [6, 6.07) is 1.89. The van der Waals surface area contributed by atoms with Crippen molar-refractivity contribution >= 4 is 12.4 Å². The highest BCUT2D eigenvalue weighted by Crippen LogP contribution is 2.34. The summed E-state index contributed by atoms with van der Waals surface area (Å²) < 4.78 is 41.6. The molecule has 0 radical (unpaired) electrons. The molecule has 0 aliphatic carbocycles. The maximum Gasteiger partial charge on any atom is 0.416 e. The summed E-state index contributed by atoms with van der Waals surface area (Å²) in [6.07, 6.45) is -7.60. The SMILES string of the molecule is COc1ccc(O)c([C@@H](N)[C@@H](O)C(F)(F)F)c1.Cl. The van der Waals surface area contributed by atoms with Crippen LogP contribution in [0.5, 0.6) is 11.5 Å². The molecule has 2 atom stereocenters. The number of phenolic OH excluding ortho intramolecular Hbond substituents is 1. The Morgan fingerprint density at radius 2 is 1.89 bits per heavy atom. The number of rotatable bonds is 3. The Hall–Kier alpha value is -1.18. The Kier molecular flexibility index (Phi) is 5.72. The van der Waals surface area contributed by atoms with Crippen LogP contribution in [0, 0.1) is 0 Å². The molecule has 1 aromatic rings. The van der Waals surface area contributed by atoms with Gasteiger partial charge in [0.2, 0.25) is 0 Å². The quantitative estimate of drug-likeness (QED) is 0.791. The first-order chi connectivity index (χ1) is 7.77. The third-order valence-corrected chi connectivity index (χ3v) is 2.27. The zero-order valence-corrected chi connectivity index (χ0v) is 10.1. The third kappa shape index (κ3) is 3.66. The molecule has 4 N–H and O–H groups in total. The Morgan fingerprint density at radius 3 is 2.33 bits per heavy atom. The monoisotopic (exact) mass is 287 g/mol. The fourth-order valence-electron chi connectivity index (χ4n) is 1.30. The number of aromatic hydroxyl groups is 1. The van der Waals surface area contributed by atoms with Crippen molar-refractivity contribution in [3.8, 4) is 11.5 Å². The van der Waals surface area contributed by atoms with Gasteiger partial charge in [-0.05, 0) is 18.2 Å². The first-order valence-electron chi connectivity index (χ1n) is 4.64. The standard InChI is InChI=1S/C10H12F3NO3.ClH/c1-17-5-2-3-7(15)6(4-5)8(14)9(16)10(11,12)13;/h2-4,8-9,15-16H,14H2,1H3;1H/t8-,9-;/m1./s1. The second kappa shape index (κ2) is 6.12. The minimum absolute atomic E-state index is 0. The van der Waals surface area contributed by atoms with Gasteiger partial charge in [-0.15, -0.1) is 12.4 Å². The fraction of sp³-hybridized carbons (Fsp3) is 0.400. The van der Waals surface area contributed by atoms with Crippen LogP contribution < -0.4 is 10.5 Å². The number of benzene rings is 1. The number of halogens is 4. The van der Waals surface area contributed by atoms with Crippen molar-refractivity contribution in [1.29, 1.82) is 0 Å². The van der Waals surface area contributed by atoms with E-state index < -0.39 is 24.1 Å². The van der Waals surface area contributed by atoms with E-state index in [2.05, 4.69) is 0 Å². The van der Waals surface area contributed by atoms with Crippen molar-refractivity contribution in [1.82, 2.24) is 0 Å². The van der Waals surface area contributed by atoms with Crippen LogP contribution in [0.2, 0.25) is 0 Å². The summed E-state index contributed by atoms with van der Waals surface area (Å²) in [5.74, 6) is -0.191. The van der Waals surface area contributed by atoms with Gasteiger partial charge >= 0.3 is 6.18 Å². The average molecular weight is 288 g/mol. The number of aliphatic hydroxyl groups excluding tert-OH is 1. The summed E-state index contributed by atoms with van der Waals surface area (Å²) in [7, 11) is 1.32. The highest BCUT2D eigenvalue weighted by atomic mass is 35.5. The number of hydrogen-bond acceptors (Lipinski definition) is 4. The summed E-state index contributed by atoms with van der Waals surface area (Å²) in [5.41, 5.74) is 5.04. The largest absolute Gasteiger partial charge is 0.508 e. The molecular weight excluding hydrogens is 275 g/mol. The molecule has 0 unspecified atom stereocenters. The average Bonchev–Trinajstić information content (AvgIpc) is 2.26. The van der Waals surface area contributed by atoms with Crippen LogP contribution >= 0.6 is 12.4 Å². The van der Waals surface area contributed by atoms with E-state index in [-0.39, 0.29) is 23.7 Å². The van der Waals surface area contributed by atoms with E-state index in [0.717, 1.165) is 12.1 Å². The third-order valence-electron chi connectivity index (χ3n) is 2.27. The van der Waals surface area contributed by atoms with Crippen LogP contribution in [0.15, 0.2) is 18.2 Å². The van der Waals surface area contributed by atoms with Gasteiger partial charge in [0, 0.05) is 5.56 Å². The van der Waals surface area contributed by atoms with Gasteiger partial charge in [-0.25, -0.2) is 0 Å². The molecule has 4 nitrogen and oxygen atoms in total. The number of phenols is 1. The van der Waals surface area contributed by atoms with E-state index in [1.165, 1.54) is 13.2 Å². The molecule has 0 aliphatic rings. The predicted octanol–water partition coefficient (Wildman–Crippen LogP) is 1.75. The molecule has 8 heteroatoms. The lowest BCUT2D eigenvalue weighted by molar-refractivity contribution is -0.210. The van der Waals surface area contributed by atoms with E-state index in [9.17, 15) is 18.3 Å². The van der Waals surface area contributed by atoms with E-state index in [1.54, 1.807) is 0 Å². The Labute approximate surface area is 108 Å². The van der Waals surface area contributed by atoms with Crippen molar-refractivity contribution in [2.75, 3.05) is 7.11 Å². The van der Waals surface area contributed by atoms with Gasteiger partial charge < -0.3 is 20.7 Å². The second-order valence-electron chi connectivity index (χ2n) is 3.44. The summed E-state index contributed by atoms with van der Waals surface area (Å²) >= 11 is 0. The summed E-state index contributed by atoms with van der Waals surface area (Å²) in [5, 5.41) is 18.4. The van der Waals surface area contributed by atoms with Gasteiger partial charge in [-0.1, -0.05) is 0 Å². The molecule has 0 bridgehead atoms. The van der Waals surface area contributed by atoms with E-state index in [1.807, 2.05) is 0 Å². The Bertz CT molecular complexity index is 400. The molecule has 104 valence electrons. The topological polar surface area (TPSA) is 75.7 Å². The van der Waals surface area contributed by atoms with Crippen molar-refractivity contribution in [3.63, 3.8) is 0 Å².